The summed E-state index contributed by atoms with van der Waals surface area (Å²) in [7, 11) is 3.18. The molecule has 4 aliphatic rings. The Morgan fingerprint density at radius 1 is 1.13 bits per heavy atom. The van der Waals surface area contributed by atoms with Gasteiger partial charge in [0, 0.05) is 17.4 Å². The minimum atomic E-state index is -2.72. The fraction of sp³-hybridized carbons (Fsp3) is 0.519. The predicted octanol–water partition coefficient (Wildman–Crippen LogP) is 0.470. The van der Waals surface area contributed by atoms with E-state index in [1.807, 2.05) is 4.90 Å². The van der Waals surface area contributed by atoms with E-state index in [0.717, 1.165) is 25.9 Å². The molecule has 0 aromatic heterocycles. The van der Waals surface area contributed by atoms with Crippen molar-refractivity contribution in [2.45, 2.75) is 43.4 Å². The van der Waals surface area contributed by atoms with Crippen molar-refractivity contribution in [1.29, 1.82) is 0 Å². The van der Waals surface area contributed by atoms with Crippen molar-refractivity contribution < 1.29 is 39.9 Å². The molecule has 0 radical (unpaired) electrons. The molecule has 1 aromatic rings. The molecular weight excluding hydrogens is 494 g/mol. The van der Waals surface area contributed by atoms with Crippen LogP contribution in [0.4, 0.5) is 0 Å². The molecule has 204 valence electrons. The summed E-state index contributed by atoms with van der Waals surface area (Å²) in [6.45, 7) is 3.12. The first-order chi connectivity index (χ1) is 17.8. The van der Waals surface area contributed by atoms with Crippen LogP contribution in [0.25, 0.3) is 0 Å². The SMILES string of the molecule is CN(C)[C@@H]1C(O)=C(C(=O)NCN2CCCC2)C(=O)[C@@]2(O)C(O)=C3C(=O)c4c(O)cccc4[C@@](C)(O)[C@H]3C[C@H]12. The van der Waals surface area contributed by atoms with E-state index >= 15 is 0 Å². The topological polar surface area (TPSA) is 171 Å². The van der Waals surface area contributed by atoms with Gasteiger partial charge in [-0.3, -0.25) is 24.2 Å². The van der Waals surface area contributed by atoms with Gasteiger partial charge >= 0.3 is 0 Å². The Labute approximate surface area is 219 Å². The van der Waals surface area contributed by atoms with E-state index in [4.69, 9.17) is 0 Å². The van der Waals surface area contributed by atoms with Gasteiger partial charge in [0.25, 0.3) is 5.91 Å². The lowest BCUT2D eigenvalue weighted by Crippen LogP contribution is -2.65. The maximum atomic E-state index is 13.8. The quantitative estimate of drug-likeness (QED) is 0.303. The van der Waals surface area contributed by atoms with Crippen LogP contribution in [0.2, 0.25) is 0 Å². The smallest absolute Gasteiger partial charge is 0.259 e. The van der Waals surface area contributed by atoms with E-state index < -0.39 is 75.0 Å². The molecule has 0 unspecified atom stereocenters. The Morgan fingerprint density at radius 3 is 2.42 bits per heavy atom. The van der Waals surface area contributed by atoms with Gasteiger partial charge < -0.3 is 30.8 Å². The number of aromatic hydroxyl groups is 1. The van der Waals surface area contributed by atoms with Gasteiger partial charge in [0.2, 0.25) is 5.78 Å². The number of carbonyl (C=O) groups is 3. The monoisotopic (exact) mass is 527 g/mol. The zero-order valence-electron chi connectivity index (χ0n) is 21.6. The number of Topliss-reactive ketones (excluding diaryl/α,β-unsaturated/α-hetero) is 2. The minimum Gasteiger partial charge on any atom is -0.510 e. The number of nitrogens with zero attached hydrogens (tertiary/aromatic N) is 2. The minimum absolute atomic E-state index is 0.143. The molecule has 1 fully saturated rings. The number of hydrogen-bond donors (Lipinski definition) is 6. The number of phenolic OH excluding ortho intramolecular Hbond substituents is 1. The summed E-state index contributed by atoms with van der Waals surface area (Å²) < 4.78 is 0. The number of likely N-dealkylation sites (tertiary alicyclic amines) is 1. The van der Waals surface area contributed by atoms with E-state index in [-0.39, 0.29) is 24.2 Å². The number of benzene rings is 1. The molecule has 1 aliphatic heterocycles. The molecule has 1 heterocycles. The van der Waals surface area contributed by atoms with Gasteiger partial charge in [0.15, 0.2) is 11.4 Å². The Morgan fingerprint density at radius 2 is 1.79 bits per heavy atom. The van der Waals surface area contributed by atoms with Crippen LogP contribution in [0.5, 0.6) is 5.75 Å². The Balaban J connectivity index is 1.64. The summed E-state index contributed by atoms with van der Waals surface area (Å²) in [5, 5.41) is 59.2. The number of amides is 1. The Kier molecular flexibility index (Phi) is 6.18. The van der Waals surface area contributed by atoms with E-state index in [1.54, 1.807) is 14.1 Å². The molecule has 6 N–H and O–H groups in total. The number of rotatable bonds is 4. The first-order valence-electron chi connectivity index (χ1n) is 12.7. The number of aliphatic hydroxyl groups is 4. The van der Waals surface area contributed by atoms with Crippen molar-refractivity contribution in [1.82, 2.24) is 15.1 Å². The molecule has 38 heavy (non-hydrogen) atoms. The summed E-state index contributed by atoms with van der Waals surface area (Å²) in [6.07, 6.45) is 1.78. The number of aliphatic hydroxyl groups excluding tert-OH is 2. The average molecular weight is 528 g/mol. The van der Waals surface area contributed by atoms with Gasteiger partial charge in [-0.25, -0.2) is 0 Å². The highest BCUT2D eigenvalue weighted by molar-refractivity contribution is 6.25. The number of likely N-dealkylation sites (N-methyl/N-ethyl adjacent to an activating group) is 1. The maximum absolute atomic E-state index is 13.8. The third kappa shape index (κ3) is 3.53. The fourth-order valence-corrected chi connectivity index (χ4v) is 6.70. The molecule has 11 heteroatoms. The number of fused-ring (bicyclic) bond motifs is 3. The number of hydrogen-bond acceptors (Lipinski definition) is 10. The van der Waals surface area contributed by atoms with Crippen LogP contribution < -0.4 is 5.32 Å². The van der Waals surface area contributed by atoms with Crippen LogP contribution in [-0.2, 0) is 15.2 Å². The average Bonchev–Trinajstić information content (AvgIpc) is 3.37. The van der Waals surface area contributed by atoms with Gasteiger partial charge in [-0.1, -0.05) is 12.1 Å². The van der Waals surface area contributed by atoms with Crippen LogP contribution in [0.1, 0.15) is 42.1 Å². The lowest BCUT2D eigenvalue weighted by molar-refractivity contribution is -0.152. The molecule has 5 rings (SSSR count). The van der Waals surface area contributed by atoms with Crippen molar-refractivity contribution in [3.8, 4) is 5.75 Å². The highest BCUT2D eigenvalue weighted by Gasteiger charge is 2.65. The van der Waals surface area contributed by atoms with Crippen molar-refractivity contribution >= 4 is 17.5 Å². The highest BCUT2D eigenvalue weighted by atomic mass is 16.3. The molecule has 0 spiro atoms. The molecule has 11 nitrogen and oxygen atoms in total. The lowest BCUT2D eigenvalue weighted by Gasteiger charge is -2.52. The zero-order valence-corrected chi connectivity index (χ0v) is 21.6. The highest BCUT2D eigenvalue weighted by Crippen LogP contribution is 2.56. The number of carbonyl (C=O) groups excluding carboxylic acids is 3. The normalized spacial score (nSPS) is 33.4. The van der Waals surface area contributed by atoms with Crippen LogP contribution in [0.15, 0.2) is 40.9 Å². The molecule has 5 atom stereocenters. The standard InChI is InChI=1S/C27H33N3O8/c1-26(37)13-7-6-8-16(31)17(13)21(32)18-14(26)11-15-20(29(2)3)22(33)19(24(35)27(15,38)23(18)34)25(36)28-12-30-9-4-5-10-30/h6-8,14-15,20,31,33-34,37-38H,4-5,9-12H2,1-3H3,(H,28,36)/t14-,15+,20-,26+,27-/m0/s1. The Hall–Kier alpha value is -3.25. The zero-order chi connectivity index (χ0) is 27.7. The number of ketones is 2. The van der Waals surface area contributed by atoms with Crippen LogP contribution >= 0.6 is 0 Å². The van der Waals surface area contributed by atoms with Gasteiger partial charge in [-0.15, -0.1) is 0 Å². The molecule has 3 aliphatic carbocycles. The third-order valence-electron chi connectivity index (χ3n) is 8.66. The van der Waals surface area contributed by atoms with Crippen molar-refractivity contribution in [2.24, 2.45) is 11.8 Å². The van der Waals surface area contributed by atoms with Gasteiger partial charge in [0.1, 0.15) is 22.8 Å². The number of nitrogens with one attached hydrogen (secondary N) is 1. The van der Waals surface area contributed by atoms with Gasteiger partial charge in [-0.05, 0) is 65.0 Å². The Bertz CT molecular complexity index is 1290. The molecule has 0 saturated carbocycles. The maximum Gasteiger partial charge on any atom is 0.259 e. The fourth-order valence-electron chi connectivity index (χ4n) is 6.70. The van der Waals surface area contributed by atoms with Crippen molar-refractivity contribution in [3.63, 3.8) is 0 Å². The second-order valence-electron chi connectivity index (χ2n) is 11.1. The lowest BCUT2D eigenvalue weighted by atomic mass is 9.55. The number of phenols is 1. The second-order valence-corrected chi connectivity index (χ2v) is 11.1. The van der Waals surface area contributed by atoms with E-state index in [0.29, 0.717) is 0 Å². The van der Waals surface area contributed by atoms with E-state index in [1.165, 1.54) is 30.0 Å². The van der Waals surface area contributed by atoms with Crippen LogP contribution in [0, 0.1) is 11.8 Å². The predicted molar refractivity (Wildman–Crippen MR) is 134 cm³/mol. The summed E-state index contributed by atoms with van der Waals surface area (Å²) in [6, 6.07) is 3.16. The second kappa shape index (κ2) is 8.91. The van der Waals surface area contributed by atoms with E-state index in [9.17, 15) is 39.9 Å². The third-order valence-corrected chi connectivity index (χ3v) is 8.66. The first kappa shape index (κ1) is 26.4. The molecular formula is C27H33N3O8. The molecule has 1 amide bonds. The van der Waals surface area contributed by atoms with Gasteiger partial charge in [0.05, 0.1) is 23.9 Å². The molecule has 1 saturated heterocycles. The summed E-state index contributed by atoms with van der Waals surface area (Å²) in [5.41, 5.74) is -5.65. The van der Waals surface area contributed by atoms with Gasteiger partial charge in [-0.2, -0.15) is 0 Å². The summed E-state index contributed by atoms with van der Waals surface area (Å²) in [4.78, 5) is 44.0. The summed E-state index contributed by atoms with van der Waals surface area (Å²) in [5.74, 6) is -7.17. The van der Waals surface area contributed by atoms with E-state index in [2.05, 4.69) is 5.32 Å². The molecule has 1 aromatic carbocycles. The van der Waals surface area contributed by atoms with Crippen LogP contribution in [-0.4, -0.2) is 98.3 Å². The van der Waals surface area contributed by atoms with Crippen molar-refractivity contribution in [3.05, 3.63) is 52.0 Å². The largest absolute Gasteiger partial charge is 0.510 e. The molecule has 0 bridgehead atoms. The van der Waals surface area contributed by atoms with Crippen molar-refractivity contribution in [2.75, 3.05) is 33.9 Å². The first-order valence-corrected chi connectivity index (χ1v) is 12.7. The van der Waals surface area contributed by atoms with Crippen LogP contribution in [0.3, 0.4) is 0 Å². The summed E-state index contributed by atoms with van der Waals surface area (Å²) >= 11 is 0.